The summed E-state index contributed by atoms with van der Waals surface area (Å²) in [7, 11) is 0. The van der Waals surface area contributed by atoms with E-state index in [-0.39, 0.29) is 24.9 Å². The summed E-state index contributed by atoms with van der Waals surface area (Å²) < 4.78 is 16.6. The fraction of sp³-hybridized carbons (Fsp3) is 0.789. The predicted molar refractivity (Wildman–Crippen MR) is 278 cm³/mol. The number of hydrogen-bond donors (Lipinski definition) is 6. The standard InChI is InChI=1S/C57H101NO10/c1-3-5-7-9-11-13-14-15-16-17-18-19-22-25-29-33-37-41-45-53(62)66-46-42-38-34-30-26-23-20-21-24-28-32-36-40-44-52(61)58-49(50(60)43-39-35-31-27-12-10-8-6-4-2)48-67-57-56(65)55(64)54(63)51(47-59)68-57/h4,6,12,21,24,27,32,36,39,43,49-51,54-57,59-60,63-65H,3,5,7-11,13-20,22-23,25-26,28-31,33-35,37-38,40-42,44-48H2,1-2H3,(H,58,61)/b6-4+,24-21-,27-12+,36-32-,43-39+. The lowest BCUT2D eigenvalue weighted by Crippen LogP contribution is -2.60. The summed E-state index contributed by atoms with van der Waals surface area (Å²) in [5.41, 5.74) is 0. The largest absolute Gasteiger partial charge is 0.466 e. The summed E-state index contributed by atoms with van der Waals surface area (Å²) in [6, 6.07) is -0.878. The van der Waals surface area contributed by atoms with Crippen LogP contribution in [0.3, 0.4) is 0 Å². The fourth-order valence-corrected chi connectivity index (χ4v) is 8.29. The number of esters is 1. The molecule has 1 fully saturated rings. The smallest absolute Gasteiger partial charge is 0.305 e. The van der Waals surface area contributed by atoms with Gasteiger partial charge in [0.2, 0.25) is 5.91 Å². The average Bonchev–Trinajstić information content (AvgIpc) is 3.33. The van der Waals surface area contributed by atoms with E-state index in [1.54, 1.807) is 6.08 Å². The van der Waals surface area contributed by atoms with E-state index in [0.717, 1.165) is 70.6 Å². The van der Waals surface area contributed by atoms with Crippen molar-refractivity contribution in [2.45, 2.75) is 269 Å². The number of aliphatic hydroxyl groups is 5. The first-order valence-corrected chi connectivity index (χ1v) is 27.5. The van der Waals surface area contributed by atoms with Crippen molar-refractivity contribution in [1.29, 1.82) is 0 Å². The molecule has 11 nitrogen and oxygen atoms in total. The molecule has 68 heavy (non-hydrogen) atoms. The molecule has 1 aliphatic rings. The van der Waals surface area contributed by atoms with Crippen LogP contribution in [-0.2, 0) is 23.8 Å². The van der Waals surface area contributed by atoms with Gasteiger partial charge in [0.25, 0.3) is 0 Å². The fourth-order valence-electron chi connectivity index (χ4n) is 8.29. The third-order valence-electron chi connectivity index (χ3n) is 12.7. The van der Waals surface area contributed by atoms with Crippen LogP contribution in [0.2, 0.25) is 0 Å². The zero-order valence-electron chi connectivity index (χ0n) is 43.0. The molecular weight excluding hydrogens is 859 g/mol. The highest BCUT2D eigenvalue weighted by atomic mass is 16.7. The second kappa shape index (κ2) is 46.7. The van der Waals surface area contributed by atoms with Gasteiger partial charge in [0.15, 0.2) is 6.29 Å². The molecule has 0 aromatic heterocycles. The SMILES string of the molecule is C/C=C/CC/C=C/CC/C=C/C(O)C(COC1OC(CO)C(O)C(O)C1O)NC(=O)CC/C=C\C/C=C\CCCCCCCCOC(=O)CCCCCCCCCCCCCCCCCCCC. The highest BCUT2D eigenvalue weighted by Gasteiger charge is 2.44. The Hall–Kier alpha value is -2.64. The minimum absolute atomic E-state index is 0.0381. The van der Waals surface area contributed by atoms with Crippen LogP contribution in [0.5, 0.6) is 0 Å². The number of carbonyl (C=O) groups excluding carboxylic acids is 2. The summed E-state index contributed by atoms with van der Waals surface area (Å²) in [6.07, 6.45) is 49.3. The molecule has 11 heteroatoms. The Labute approximate surface area is 414 Å². The summed E-state index contributed by atoms with van der Waals surface area (Å²) >= 11 is 0. The molecule has 0 aliphatic carbocycles. The summed E-state index contributed by atoms with van der Waals surface area (Å²) in [6.45, 7) is 3.98. The van der Waals surface area contributed by atoms with E-state index >= 15 is 0 Å². The molecule has 1 saturated heterocycles. The van der Waals surface area contributed by atoms with E-state index < -0.39 is 49.5 Å². The number of hydrogen-bond acceptors (Lipinski definition) is 10. The van der Waals surface area contributed by atoms with E-state index in [1.807, 2.05) is 31.2 Å². The molecule has 1 amide bonds. The summed E-state index contributed by atoms with van der Waals surface area (Å²) in [4.78, 5) is 25.0. The highest BCUT2D eigenvalue weighted by molar-refractivity contribution is 5.76. The van der Waals surface area contributed by atoms with Gasteiger partial charge < -0.3 is 45.1 Å². The van der Waals surface area contributed by atoms with Gasteiger partial charge in [-0.3, -0.25) is 9.59 Å². The first-order chi connectivity index (χ1) is 33.2. The molecule has 0 bridgehead atoms. The van der Waals surface area contributed by atoms with Gasteiger partial charge in [-0.1, -0.05) is 203 Å². The third-order valence-corrected chi connectivity index (χ3v) is 12.7. The van der Waals surface area contributed by atoms with Crippen molar-refractivity contribution >= 4 is 11.9 Å². The molecule has 0 radical (unpaired) electrons. The molecular formula is C57H101NO10. The lowest BCUT2D eigenvalue weighted by Gasteiger charge is -2.40. The molecule has 0 aromatic rings. The number of aliphatic hydroxyl groups excluding tert-OH is 5. The van der Waals surface area contributed by atoms with Crippen LogP contribution in [-0.4, -0.2) is 100 Å². The number of amides is 1. The molecule has 6 N–H and O–H groups in total. The van der Waals surface area contributed by atoms with Gasteiger partial charge in [-0.25, -0.2) is 0 Å². The van der Waals surface area contributed by atoms with Gasteiger partial charge in [-0.2, -0.15) is 0 Å². The van der Waals surface area contributed by atoms with E-state index in [4.69, 9.17) is 14.2 Å². The van der Waals surface area contributed by atoms with E-state index in [9.17, 15) is 35.1 Å². The molecule has 394 valence electrons. The van der Waals surface area contributed by atoms with Gasteiger partial charge in [0, 0.05) is 12.8 Å². The number of allylic oxidation sites excluding steroid dienone is 9. The van der Waals surface area contributed by atoms with Gasteiger partial charge in [-0.05, 0) is 71.1 Å². The molecule has 7 atom stereocenters. The number of unbranched alkanes of at least 4 members (excludes halogenated alkanes) is 25. The lowest BCUT2D eigenvalue weighted by atomic mass is 9.99. The maximum absolute atomic E-state index is 12.9. The maximum atomic E-state index is 12.9. The van der Waals surface area contributed by atoms with Crippen LogP contribution < -0.4 is 5.32 Å². The monoisotopic (exact) mass is 960 g/mol. The van der Waals surface area contributed by atoms with Gasteiger partial charge in [0.1, 0.15) is 24.4 Å². The number of rotatable bonds is 46. The van der Waals surface area contributed by atoms with E-state index in [2.05, 4.69) is 42.6 Å². The van der Waals surface area contributed by atoms with Gasteiger partial charge in [-0.15, -0.1) is 0 Å². The van der Waals surface area contributed by atoms with Crippen molar-refractivity contribution in [2.24, 2.45) is 0 Å². The number of carbonyl (C=O) groups is 2. The zero-order valence-corrected chi connectivity index (χ0v) is 43.0. The number of nitrogens with one attached hydrogen (secondary N) is 1. The number of ether oxygens (including phenoxy) is 3. The van der Waals surface area contributed by atoms with Crippen molar-refractivity contribution in [1.82, 2.24) is 5.32 Å². The van der Waals surface area contributed by atoms with Crippen LogP contribution in [0.4, 0.5) is 0 Å². The molecule has 1 heterocycles. The van der Waals surface area contributed by atoms with Crippen molar-refractivity contribution in [2.75, 3.05) is 19.8 Å². The maximum Gasteiger partial charge on any atom is 0.305 e. The molecule has 1 rings (SSSR count). The quantitative estimate of drug-likeness (QED) is 0.0196. The van der Waals surface area contributed by atoms with Crippen LogP contribution in [0.15, 0.2) is 60.8 Å². The molecule has 1 aliphatic heterocycles. The Kier molecular flexibility index (Phi) is 43.5. The van der Waals surface area contributed by atoms with Crippen LogP contribution in [0.1, 0.15) is 226 Å². The Morgan fingerprint density at radius 1 is 0.574 bits per heavy atom. The normalized spacial score (nSPS) is 19.9. The second-order valence-corrected chi connectivity index (χ2v) is 18.9. The predicted octanol–water partition coefficient (Wildman–Crippen LogP) is 11.9. The molecule has 7 unspecified atom stereocenters. The molecule has 0 aromatic carbocycles. The Morgan fingerprint density at radius 2 is 1.07 bits per heavy atom. The second-order valence-electron chi connectivity index (χ2n) is 18.9. The topological polar surface area (TPSA) is 175 Å². The van der Waals surface area contributed by atoms with Crippen molar-refractivity contribution in [3.63, 3.8) is 0 Å². The highest BCUT2D eigenvalue weighted by Crippen LogP contribution is 2.23. The Bertz CT molecular complexity index is 1310. The van der Waals surface area contributed by atoms with Crippen LogP contribution in [0, 0.1) is 0 Å². The van der Waals surface area contributed by atoms with Crippen molar-refractivity contribution in [3.05, 3.63) is 60.8 Å². The minimum atomic E-state index is -1.60. The summed E-state index contributed by atoms with van der Waals surface area (Å²) in [5.74, 6) is -0.319. The van der Waals surface area contributed by atoms with Crippen molar-refractivity contribution in [3.8, 4) is 0 Å². The Balaban J connectivity index is 2.12. The zero-order chi connectivity index (χ0) is 49.6. The Morgan fingerprint density at radius 3 is 1.65 bits per heavy atom. The third kappa shape index (κ3) is 36.3. The van der Waals surface area contributed by atoms with Crippen LogP contribution >= 0.6 is 0 Å². The van der Waals surface area contributed by atoms with Crippen LogP contribution in [0.25, 0.3) is 0 Å². The molecule has 0 saturated carbocycles. The van der Waals surface area contributed by atoms with E-state index in [1.165, 1.54) is 116 Å². The van der Waals surface area contributed by atoms with Gasteiger partial charge in [0.05, 0.1) is 32.0 Å². The first-order valence-electron chi connectivity index (χ1n) is 27.5. The average molecular weight is 960 g/mol. The lowest BCUT2D eigenvalue weighted by molar-refractivity contribution is -0.302. The minimum Gasteiger partial charge on any atom is -0.466 e. The first kappa shape index (κ1) is 63.4. The summed E-state index contributed by atoms with van der Waals surface area (Å²) in [5, 5.41) is 54.0. The van der Waals surface area contributed by atoms with Gasteiger partial charge >= 0.3 is 5.97 Å². The van der Waals surface area contributed by atoms with Crippen molar-refractivity contribution < 1.29 is 49.3 Å². The molecule has 0 spiro atoms. The van der Waals surface area contributed by atoms with E-state index in [0.29, 0.717) is 25.9 Å².